The monoisotopic (exact) mass is 499 g/mol. The molecule has 0 saturated carbocycles. The molecule has 0 fully saturated rings. The van der Waals surface area contributed by atoms with Crippen molar-refractivity contribution >= 4 is 51.7 Å². The SMILES string of the molecule is O=C(NCCCCCc1nc2ccccc2n1Cc1ccc(Cl)c(Cl)c1)c1cccc(Cl)c1. The molecular formula is C26H24Cl3N3O. The fraction of sp³-hybridized carbons (Fsp3) is 0.231. The lowest BCUT2D eigenvalue weighted by molar-refractivity contribution is 0.0953. The van der Waals surface area contributed by atoms with Crippen LogP contribution < -0.4 is 5.32 Å². The first kappa shape index (κ1) is 23.6. The zero-order chi connectivity index (χ0) is 23.2. The summed E-state index contributed by atoms with van der Waals surface area (Å²) in [6.07, 6.45) is 3.74. The van der Waals surface area contributed by atoms with E-state index in [9.17, 15) is 4.79 Å². The number of aromatic nitrogens is 2. The van der Waals surface area contributed by atoms with E-state index in [2.05, 4.69) is 16.0 Å². The lowest BCUT2D eigenvalue weighted by atomic mass is 10.1. The van der Waals surface area contributed by atoms with Crippen molar-refractivity contribution in [2.45, 2.75) is 32.2 Å². The second-order valence-corrected chi connectivity index (χ2v) is 9.18. The number of para-hydroxylation sites is 2. The molecule has 4 rings (SSSR count). The first-order valence-electron chi connectivity index (χ1n) is 10.9. The molecule has 1 N–H and O–H groups in total. The number of benzene rings is 3. The molecule has 0 aliphatic rings. The largest absolute Gasteiger partial charge is 0.352 e. The number of halogens is 3. The predicted octanol–water partition coefficient (Wildman–Crippen LogP) is 7.19. The van der Waals surface area contributed by atoms with Gasteiger partial charge in [-0.3, -0.25) is 4.79 Å². The van der Waals surface area contributed by atoms with Gasteiger partial charge in [-0.25, -0.2) is 4.98 Å². The molecule has 170 valence electrons. The number of aryl methyl sites for hydroxylation is 1. The predicted molar refractivity (Wildman–Crippen MR) is 137 cm³/mol. The van der Waals surface area contributed by atoms with Gasteiger partial charge in [0.15, 0.2) is 0 Å². The molecule has 0 aliphatic carbocycles. The van der Waals surface area contributed by atoms with E-state index in [0.717, 1.165) is 48.1 Å². The van der Waals surface area contributed by atoms with E-state index in [1.807, 2.05) is 36.4 Å². The van der Waals surface area contributed by atoms with Crippen LogP contribution in [0.1, 0.15) is 41.0 Å². The van der Waals surface area contributed by atoms with Crippen LogP contribution >= 0.6 is 34.8 Å². The summed E-state index contributed by atoms with van der Waals surface area (Å²) in [6.45, 7) is 1.31. The van der Waals surface area contributed by atoms with Gasteiger partial charge in [0.2, 0.25) is 0 Å². The van der Waals surface area contributed by atoms with Crippen molar-refractivity contribution in [1.82, 2.24) is 14.9 Å². The van der Waals surface area contributed by atoms with E-state index in [0.29, 0.717) is 33.7 Å². The third kappa shape index (κ3) is 6.08. The molecule has 7 heteroatoms. The summed E-state index contributed by atoms with van der Waals surface area (Å²) in [7, 11) is 0. The van der Waals surface area contributed by atoms with Crippen LogP contribution in [0.15, 0.2) is 66.7 Å². The number of nitrogens with one attached hydrogen (secondary N) is 1. The quantitative estimate of drug-likeness (QED) is 0.247. The van der Waals surface area contributed by atoms with Crippen LogP contribution in [0.25, 0.3) is 11.0 Å². The zero-order valence-corrected chi connectivity index (χ0v) is 20.3. The molecule has 33 heavy (non-hydrogen) atoms. The Balaban J connectivity index is 1.34. The Morgan fingerprint density at radius 3 is 2.55 bits per heavy atom. The molecule has 1 amide bonds. The summed E-state index contributed by atoms with van der Waals surface area (Å²) in [6, 6.07) is 20.9. The number of rotatable bonds is 9. The van der Waals surface area contributed by atoms with Crippen molar-refractivity contribution in [3.05, 3.63) is 98.7 Å². The third-order valence-electron chi connectivity index (χ3n) is 5.51. The summed E-state index contributed by atoms with van der Waals surface area (Å²) in [5, 5.41) is 4.63. The van der Waals surface area contributed by atoms with E-state index in [4.69, 9.17) is 39.8 Å². The van der Waals surface area contributed by atoms with Crippen LogP contribution in [0.2, 0.25) is 15.1 Å². The van der Waals surface area contributed by atoms with E-state index >= 15 is 0 Å². The Morgan fingerprint density at radius 1 is 0.879 bits per heavy atom. The van der Waals surface area contributed by atoms with Gasteiger partial charge in [0.05, 0.1) is 21.1 Å². The number of carbonyl (C=O) groups is 1. The van der Waals surface area contributed by atoms with Gasteiger partial charge in [0, 0.05) is 30.1 Å². The Hall–Kier alpha value is -2.53. The van der Waals surface area contributed by atoms with Gasteiger partial charge in [0.25, 0.3) is 5.91 Å². The molecular weight excluding hydrogens is 477 g/mol. The molecule has 0 spiro atoms. The first-order chi connectivity index (χ1) is 16.0. The summed E-state index contributed by atoms with van der Waals surface area (Å²) < 4.78 is 2.25. The van der Waals surface area contributed by atoms with Gasteiger partial charge in [-0.2, -0.15) is 0 Å². The Morgan fingerprint density at radius 2 is 1.73 bits per heavy atom. The van der Waals surface area contributed by atoms with E-state index < -0.39 is 0 Å². The highest BCUT2D eigenvalue weighted by molar-refractivity contribution is 6.42. The number of hydrogen-bond donors (Lipinski definition) is 1. The number of fused-ring (bicyclic) bond motifs is 1. The number of imidazole rings is 1. The maximum atomic E-state index is 12.2. The van der Waals surface area contributed by atoms with Crippen molar-refractivity contribution in [3.8, 4) is 0 Å². The van der Waals surface area contributed by atoms with Gasteiger partial charge in [-0.1, -0.05) is 65.5 Å². The molecule has 4 nitrogen and oxygen atoms in total. The molecule has 3 aromatic carbocycles. The molecule has 1 heterocycles. The second kappa shape index (κ2) is 11.1. The van der Waals surface area contributed by atoms with E-state index in [1.54, 1.807) is 24.3 Å². The standard InChI is InChI=1S/C26H24Cl3N3O/c27-20-8-6-7-19(16-20)26(33)30-14-5-1-2-11-25-31-23-9-3-4-10-24(23)32(25)17-18-12-13-21(28)22(29)15-18/h3-4,6-10,12-13,15-16H,1-2,5,11,14,17H2,(H,30,33). The first-order valence-corrected chi connectivity index (χ1v) is 12.1. The highest BCUT2D eigenvalue weighted by Gasteiger charge is 2.12. The molecule has 0 bridgehead atoms. The fourth-order valence-electron chi connectivity index (χ4n) is 3.83. The lowest BCUT2D eigenvalue weighted by Crippen LogP contribution is -2.24. The van der Waals surface area contributed by atoms with Gasteiger partial charge in [-0.05, 0) is 60.9 Å². The molecule has 0 unspecified atom stereocenters. The third-order valence-corrected chi connectivity index (χ3v) is 6.48. The maximum absolute atomic E-state index is 12.2. The van der Waals surface area contributed by atoms with Crippen LogP contribution in [0.5, 0.6) is 0 Å². The minimum absolute atomic E-state index is 0.0964. The topological polar surface area (TPSA) is 46.9 Å². The van der Waals surface area contributed by atoms with Gasteiger partial charge < -0.3 is 9.88 Å². The smallest absolute Gasteiger partial charge is 0.251 e. The van der Waals surface area contributed by atoms with Crippen LogP contribution in [-0.2, 0) is 13.0 Å². The summed E-state index contributed by atoms with van der Waals surface area (Å²) in [5.41, 5.74) is 3.75. The molecule has 0 saturated heterocycles. The average Bonchev–Trinajstić information content (AvgIpc) is 3.15. The molecule has 0 radical (unpaired) electrons. The number of unbranched alkanes of at least 4 members (excludes halogenated alkanes) is 2. The van der Waals surface area contributed by atoms with Gasteiger partial charge >= 0.3 is 0 Å². The fourth-order valence-corrected chi connectivity index (χ4v) is 4.34. The lowest BCUT2D eigenvalue weighted by Gasteiger charge is -2.11. The van der Waals surface area contributed by atoms with E-state index in [-0.39, 0.29) is 5.91 Å². The highest BCUT2D eigenvalue weighted by atomic mass is 35.5. The normalized spacial score (nSPS) is 11.1. The number of carbonyl (C=O) groups excluding carboxylic acids is 1. The minimum Gasteiger partial charge on any atom is -0.352 e. The summed E-state index contributed by atoms with van der Waals surface area (Å²) >= 11 is 18.3. The average molecular weight is 501 g/mol. The van der Waals surface area contributed by atoms with Gasteiger partial charge in [-0.15, -0.1) is 0 Å². The molecule has 1 aromatic heterocycles. The van der Waals surface area contributed by atoms with Crippen LogP contribution in [0.4, 0.5) is 0 Å². The van der Waals surface area contributed by atoms with Crippen molar-refractivity contribution in [2.24, 2.45) is 0 Å². The van der Waals surface area contributed by atoms with E-state index in [1.165, 1.54) is 0 Å². The van der Waals surface area contributed by atoms with Crippen molar-refractivity contribution in [1.29, 1.82) is 0 Å². The second-order valence-electron chi connectivity index (χ2n) is 7.93. The van der Waals surface area contributed by atoms with Gasteiger partial charge in [0.1, 0.15) is 5.82 Å². The number of amides is 1. The highest BCUT2D eigenvalue weighted by Crippen LogP contribution is 2.25. The zero-order valence-electron chi connectivity index (χ0n) is 18.0. The summed E-state index contributed by atoms with van der Waals surface area (Å²) in [4.78, 5) is 17.1. The Kier molecular flexibility index (Phi) is 7.92. The Bertz CT molecular complexity index is 1270. The molecule has 4 aromatic rings. The number of hydrogen-bond acceptors (Lipinski definition) is 2. The van der Waals surface area contributed by atoms with Crippen molar-refractivity contribution in [3.63, 3.8) is 0 Å². The van der Waals surface area contributed by atoms with Crippen molar-refractivity contribution < 1.29 is 4.79 Å². The Labute approximate surface area is 208 Å². The molecule has 0 aliphatic heterocycles. The van der Waals surface area contributed by atoms with Crippen LogP contribution in [-0.4, -0.2) is 22.0 Å². The van der Waals surface area contributed by atoms with Crippen LogP contribution in [0, 0.1) is 0 Å². The minimum atomic E-state index is -0.0964. The number of nitrogens with zero attached hydrogens (tertiary/aromatic N) is 2. The molecule has 0 atom stereocenters. The van der Waals surface area contributed by atoms with Crippen LogP contribution in [0.3, 0.4) is 0 Å². The summed E-state index contributed by atoms with van der Waals surface area (Å²) in [5.74, 6) is 0.950. The van der Waals surface area contributed by atoms with Crippen molar-refractivity contribution in [2.75, 3.05) is 6.54 Å². The maximum Gasteiger partial charge on any atom is 0.251 e.